The molecule has 112 valence electrons. The third kappa shape index (κ3) is 3.12. The first kappa shape index (κ1) is 15.7. The average molecular weight is 359 g/mol. The summed E-state index contributed by atoms with van der Waals surface area (Å²) in [6.07, 6.45) is -4.75. The highest BCUT2D eigenvalue weighted by Crippen LogP contribution is 2.41. The van der Waals surface area contributed by atoms with E-state index in [1.165, 1.54) is 0 Å². The monoisotopic (exact) mass is 358 g/mol. The second kappa shape index (κ2) is 5.95. The van der Waals surface area contributed by atoms with Gasteiger partial charge in [-0.1, -0.05) is 0 Å². The number of rotatable bonds is 2. The SMILES string of the molecule is Fc1ccc(Br)c(F)c1[C@H](N1CCNCC1)C(F)(F)F. The summed E-state index contributed by atoms with van der Waals surface area (Å²) >= 11 is 2.80. The lowest BCUT2D eigenvalue weighted by Crippen LogP contribution is -2.49. The minimum absolute atomic E-state index is 0.0789. The first-order valence-electron chi connectivity index (χ1n) is 5.97. The number of benzene rings is 1. The molecule has 1 aliphatic rings. The molecule has 0 saturated carbocycles. The molecule has 0 unspecified atom stereocenters. The van der Waals surface area contributed by atoms with E-state index in [0.717, 1.165) is 17.0 Å². The zero-order valence-electron chi connectivity index (χ0n) is 10.3. The van der Waals surface area contributed by atoms with Gasteiger partial charge in [-0.25, -0.2) is 8.78 Å². The van der Waals surface area contributed by atoms with Gasteiger partial charge in [0, 0.05) is 26.2 Å². The molecule has 0 aromatic heterocycles. The van der Waals surface area contributed by atoms with Crippen LogP contribution in [0.25, 0.3) is 0 Å². The van der Waals surface area contributed by atoms with Crippen molar-refractivity contribution in [2.45, 2.75) is 12.2 Å². The minimum Gasteiger partial charge on any atom is -0.314 e. The zero-order chi connectivity index (χ0) is 14.9. The molecule has 0 aliphatic carbocycles. The van der Waals surface area contributed by atoms with Crippen molar-refractivity contribution >= 4 is 15.9 Å². The van der Waals surface area contributed by atoms with Crippen molar-refractivity contribution in [3.05, 3.63) is 33.8 Å². The lowest BCUT2D eigenvalue weighted by molar-refractivity contribution is -0.189. The summed E-state index contributed by atoms with van der Waals surface area (Å²) in [6.45, 7) is 0.860. The summed E-state index contributed by atoms with van der Waals surface area (Å²) in [6, 6.07) is -0.384. The molecule has 0 radical (unpaired) electrons. The summed E-state index contributed by atoms with van der Waals surface area (Å²) < 4.78 is 67.4. The van der Waals surface area contributed by atoms with Crippen LogP contribution in [0.2, 0.25) is 0 Å². The fourth-order valence-electron chi connectivity index (χ4n) is 2.29. The Morgan fingerprint density at radius 2 is 1.75 bits per heavy atom. The van der Waals surface area contributed by atoms with E-state index < -0.39 is 29.4 Å². The molecular formula is C12H12BrF5N2. The lowest BCUT2D eigenvalue weighted by Gasteiger charge is -2.36. The Morgan fingerprint density at radius 1 is 1.15 bits per heavy atom. The Bertz CT molecular complexity index is 485. The summed E-state index contributed by atoms with van der Waals surface area (Å²) in [7, 11) is 0. The standard InChI is InChI=1S/C12H12BrF5N2/c13-7-1-2-8(14)9(10(7)15)11(12(16,17)18)20-5-3-19-4-6-20/h1-2,11,19H,3-6H2/t11-/m0/s1. The smallest absolute Gasteiger partial charge is 0.314 e. The molecule has 1 aliphatic heterocycles. The number of hydrogen-bond acceptors (Lipinski definition) is 2. The normalized spacial score (nSPS) is 19.1. The third-order valence-corrected chi connectivity index (χ3v) is 3.79. The van der Waals surface area contributed by atoms with Crippen LogP contribution in [0.4, 0.5) is 22.0 Å². The van der Waals surface area contributed by atoms with Crippen molar-refractivity contribution in [2.24, 2.45) is 0 Å². The van der Waals surface area contributed by atoms with Gasteiger partial charge in [0.2, 0.25) is 0 Å². The van der Waals surface area contributed by atoms with E-state index in [2.05, 4.69) is 21.2 Å². The number of halogens is 6. The molecule has 1 saturated heterocycles. The molecule has 1 N–H and O–H groups in total. The van der Waals surface area contributed by atoms with E-state index in [9.17, 15) is 22.0 Å². The predicted octanol–water partition coefficient (Wildman–Crippen LogP) is 3.24. The van der Waals surface area contributed by atoms with Gasteiger partial charge < -0.3 is 5.32 Å². The maximum absolute atomic E-state index is 14.0. The highest BCUT2D eigenvalue weighted by Gasteiger charge is 2.47. The van der Waals surface area contributed by atoms with Gasteiger partial charge in [0.05, 0.1) is 10.0 Å². The summed E-state index contributed by atoms with van der Waals surface area (Å²) in [4.78, 5) is 1.05. The number of nitrogens with one attached hydrogen (secondary N) is 1. The summed E-state index contributed by atoms with van der Waals surface area (Å²) in [5.74, 6) is -2.39. The van der Waals surface area contributed by atoms with E-state index in [-0.39, 0.29) is 17.6 Å². The Labute approximate surface area is 121 Å². The van der Waals surface area contributed by atoms with Gasteiger partial charge in [0.25, 0.3) is 0 Å². The largest absolute Gasteiger partial charge is 0.408 e. The van der Waals surface area contributed by atoms with Crippen molar-refractivity contribution in [1.82, 2.24) is 10.2 Å². The van der Waals surface area contributed by atoms with Gasteiger partial charge in [0.15, 0.2) is 0 Å². The van der Waals surface area contributed by atoms with E-state index in [1.54, 1.807) is 0 Å². The molecule has 1 aromatic carbocycles. The molecule has 8 heteroatoms. The van der Waals surface area contributed by atoms with Crippen LogP contribution in [-0.4, -0.2) is 37.3 Å². The van der Waals surface area contributed by atoms with Gasteiger partial charge in [-0.05, 0) is 28.1 Å². The maximum Gasteiger partial charge on any atom is 0.408 e. The predicted molar refractivity (Wildman–Crippen MR) is 67.3 cm³/mol. The molecule has 0 spiro atoms. The van der Waals surface area contributed by atoms with Crippen molar-refractivity contribution < 1.29 is 22.0 Å². The first-order chi connectivity index (χ1) is 9.32. The Kier molecular flexibility index (Phi) is 4.66. The zero-order valence-corrected chi connectivity index (χ0v) is 11.9. The van der Waals surface area contributed by atoms with Crippen molar-refractivity contribution in [1.29, 1.82) is 0 Å². The fraction of sp³-hybridized carbons (Fsp3) is 0.500. The quantitative estimate of drug-likeness (QED) is 0.644. The van der Waals surface area contributed by atoms with Crippen LogP contribution in [0.15, 0.2) is 16.6 Å². The van der Waals surface area contributed by atoms with E-state index >= 15 is 0 Å². The number of alkyl halides is 3. The van der Waals surface area contributed by atoms with Gasteiger partial charge in [0.1, 0.15) is 17.7 Å². The molecule has 0 bridgehead atoms. The fourth-order valence-corrected chi connectivity index (χ4v) is 2.63. The molecule has 2 rings (SSSR count). The van der Waals surface area contributed by atoms with Crippen LogP contribution in [0, 0.1) is 11.6 Å². The maximum atomic E-state index is 14.0. The van der Waals surface area contributed by atoms with Gasteiger partial charge in [-0.2, -0.15) is 13.2 Å². The molecule has 1 fully saturated rings. The van der Waals surface area contributed by atoms with Gasteiger partial charge in [-0.3, -0.25) is 4.90 Å². The number of nitrogens with zero attached hydrogens (tertiary/aromatic N) is 1. The Morgan fingerprint density at radius 3 is 2.30 bits per heavy atom. The van der Waals surface area contributed by atoms with Crippen LogP contribution in [0.3, 0.4) is 0 Å². The van der Waals surface area contributed by atoms with Crippen molar-refractivity contribution in [3.63, 3.8) is 0 Å². The topological polar surface area (TPSA) is 15.3 Å². The Balaban J connectivity index is 2.49. The van der Waals surface area contributed by atoms with Crippen molar-refractivity contribution in [2.75, 3.05) is 26.2 Å². The second-order valence-electron chi connectivity index (χ2n) is 4.49. The van der Waals surface area contributed by atoms with Crippen LogP contribution in [-0.2, 0) is 0 Å². The van der Waals surface area contributed by atoms with Crippen LogP contribution in [0.5, 0.6) is 0 Å². The average Bonchev–Trinajstić information content (AvgIpc) is 2.39. The number of hydrogen-bond donors (Lipinski definition) is 1. The van der Waals surface area contributed by atoms with E-state index in [0.29, 0.717) is 13.1 Å². The molecule has 20 heavy (non-hydrogen) atoms. The molecule has 0 amide bonds. The molecule has 1 atom stereocenters. The Hall–Kier alpha value is -0.730. The van der Waals surface area contributed by atoms with Crippen LogP contribution >= 0.6 is 15.9 Å². The van der Waals surface area contributed by atoms with Crippen LogP contribution < -0.4 is 5.32 Å². The minimum atomic E-state index is -4.75. The van der Waals surface area contributed by atoms with E-state index in [4.69, 9.17) is 0 Å². The second-order valence-corrected chi connectivity index (χ2v) is 5.34. The first-order valence-corrected chi connectivity index (χ1v) is 6.76. The highest BCUT2D eigenvalue weighted by molar-refractivity contribution is 9.10. The van der Waals surface area contributed by atoms with Gasteiger partial charge in [-0.15, -0.1) is 0 Å². The molecule has 2 nitrogen and oxygen atoms in total. The molecule has 1 aromatic rings. The van der Waals surface area contributed by atoms with Gasteiger partial charge >= 0.3 is 6.18 Å². The molecular weight excluding hydrogens is 347 g/mol. The molecule has 1 heterocycles. The summed E-state index contributed by atoms with van der Waals surface area (Å²) in [5, 5.41) is 2.91. The third-order valence-electron chi connectivity index (χ3n) is 3.18. The highest BCUT2D eigenvalue weighted by atomic mass is 79.9. The van der Waals surface area contributed by atoms with Crippen LogP contribution in [0.1, 0.15) is 11.6 Å². The summed E-state index contributed by atoms with van der Waals surface area (Å²) in [5.41, 5.74) is -0.950. The van der Waals surface area contributed by atoms with E-state index in [1.807, 2.05) is 0 Å². The lowest BCUT2D eigenvalue weighted by atomic mass is 10.0. The van der Waals surface area contributed by atoms with Crippen molar-refractivity contribution in [3.8, 4) is 0 Å². The number of piperazine rings is 1.